The van der Waals surface area contributed by atoms with Crippen LogP contribution in [0.15, 0.2) is 0 Å². The fourth-order valence-electron chi connectivity index (χ4n) is 2.02. The van der Waals surface area contributed by atoms with Gasteiger partial charge in [-0.05, 0) is 37.3 Å². The lowest BCUT2D eigenvalue weighted by molar-refractivity contribution is 0.442. The van der Waals surface area contributed by atoms with Crippen LogP contribution in [0.3, 0.4) is 0 Å². The standard InChI is InChI=1S/C10H21N/c1-4-6-10(3)7-9(10)8-11-5-2/h9,11H,4-8H2,1-3H3. The molecule has 0 bridgehead atoms. The Morgan fingerprint density at radius 2 is 2.18 bits per heavy atom. The first-order valence-corrected chi connectivity index (χ1v) is 4.93. The fraction of sp³-hybridized carbons (Fsp3) is 1.00. The van der Waals surface area contributed by atoms with Crippen LogP contribution in [0, 0.1) is 11.3 Å². The van der Waals surface area contributed by atoms with Gasteiger partial charge in [-0.25, -0.2) is 0 Å². The van der Waals surface area contributed by atoms with Gasteiger partial charge < -0.3 is 5.32 Å². The lowest BCUT2D eigenvalue weighted by Crippen LogP contribution is -2.18. The molecule has 1 rings (SSSR count). The second-order valence-electron chi connectivity index (χ2n) is 4.11. The Morgan fingerprint density at radius 3 is 2.73 bits per heavy atom. The number of hydrogen-bond acceptors (Lipinski definition) is 1. The van der Waals surface area contributed by atoms with Gasteiger partial charge in [0.15, 0.2) is 0 Å². The van der Waals surface area contributed by atoms with E-state index in [2.05, 4.69) is 26.1 Å². The van der Waals surface area contributed by atoms with Gasteiger partial charge in [-0.3, -0.25) is 0 Å². The average molecular weight is 155 g/mol. The van der Waals surface area contributed by atoms with Crippen LogP contribution in [-0.4, -0.2) is 13.1 Å². The van der Waals surface area contributed by atoms with Gasteiger partial charge in [0.25, 0.3) is 0 Å². The van der Waals surface area contributed by atoms with Gasteiger partial charge in [0.05, 0.1) is 0 Å². The monoisotopic (exact) mass is 155 g/mol. The summed E-state index contributed by atoms with van der Waals surface area (Å²) >= 11 is 0. The predicted octanol–water partition coefficient (Wildman–Crippen LogP) is 2.42. The minimum atomic E-state index is 0.705. The summed E-state index contributed by atoms with van der Waals surface area (Å²) in [6, 6.07) is 0. The van der Waals surface area contributed by atoms with Crippen LogP contribution < -0.4 is 5.32 Å². The average Bonchev–Trinajstić information content (AvgIpc) is 2.58. The molecule has 1 nitrogen and oxygen atoms in total. The van der Waals surface area contributed by atoms with E-state index in [1.54, 1.807) is 0 Å². The zero-order valence-corrected chi connectivity index (χ0v) is 8.11. The Balaban J connectivity index is 2.12. The summed E-state index contributed by atoms with van der Waals surface area (Å²) in [5.41, 5.74) is 0.705. The summed E-state index contributed by atoms with van der Waals surface area (Å²) < 4.78 is 0. The maximum Gasteiger partial charge on any atom is -0.00152 e. The Labute approximate surface area is 70.6 Å². The normalized spacial score (nSPS) is 35.7. The third kappa shape index (κ3) is 2.19. The fourth-order valence-corrected chi connectivity index (χ4v) is 2.02. The van der Waals surface area contributed by atoms with Crippen molar-refractivity contribution in [1.82, 2.24) is 5.32 Å². The minimum absolute atomic E-state index is 0.705. The Morgan fingerprint density at radius 1 is 1.45 bits per heavy atom. The van der Waals surface area contributed by atoms with E-state index in [0.717, 1.165) is 12.5 Å². The van der Waals surface area contributed by atoms with Gasteiger partial charge in [0.1, 0.15) is 0 Å². The van der Waals surface area contributed by atoms with Crippen LogP contribution in [0.4, 0.5) is 0 Å². The third-order valence-corrected chi connectivity index (χ3v) is 3.00. The molecule has 1 N–H and O–H groups in total. The molecular formula is C10H21N. The highest BCUT2D eigenvalue weighted by Crippen LogP contribution is 2.54. The molecule has 2 atom stereocenters. The van der Waals surface area contributed by atoms with Gasteiger partial charge in [-0.15, -0.1) is 0 Å². The van der Waals surface area contributed by atoms with Crippen molar-refractivity contribution < 1.29 is 0 Å². The lowest BCUT2D eigenvalue weighted by Gasteiger charge is -2.08. The van der Waals surface area contributed by atoms with E-state index in [9.17, 15) is 0 Å². The molecule has 11 heavy (non-hydrogen) atoms. The topological polar surface area (TPSA) is 12.0 Å². The molecule has 0 spiro atoms. The Kier molecular flexibility index (Phi) is 2.94. The van der Waals surface area contributed by atoms with Crippen molar-refractivity contribution in [3.05, 3.63) is 0 Å². The molecule has 1 aliphatic carbocycles. The van der Waals surface area contributed by atoms with Gasteiger partial charge in [-0.2, -0.15) is 0 Å². The highest BCUT2D eigenvalue weighted by molar-refractivity contribution is 4.99. The first kappa shape index (κ1) is 9.05. The molecule has 66 valence electrons. The zero-order valence-electron chi connectivity index (χ0n) is 8.11. The number of hydrogen-bond donors (Lipinski definition) is 1. The molecule has 0 aromatic carbocycles. The molecule has 1 saturated carbocycles. The second-order valence-corrected chi connectivity index (χ2v) is 4.11. The first-order chi connectivity index (χ1) is 5.23. The minimum Gasteiger partial charge on any atom is -0.317 e. The SMILES string of the molecule is CCCC1(C)CC1CNCC. The van der Waals surface area contributed by atoms with Crippen molar-refractivity contribution in [2.45, 2.75) is 40.0 Å². The Hall–Kier alpha value is -0.0400. The third-order valence-electron chi connectivity index (χ3n) is 3.00. The lowest BCUT2D eigenvalue weighted by atomic mass is 10.0. The van der Waals surface area contributed by atoms with Crippen LogP contribution in [-0.2, 0) is 0 Å². The van der Waals surface area contributed by atoms with Crippen molar-refractivity contribution in [2.75, 3.05) is 13.1 Å². The van der Waals surface area contributed by atoms with E-state index in [1.165, 1.54) is 25.8 Å². The van der Waals surface area contributed by atoms with Crippen molar-refractivity contribution in [3.63, 3.8) is 0 Å². The van der Waals surface area contributed by atoms with Gasteiger partial charge in [0, 0.05) is 0 Å². The van der Waals surface area contributed by atoms with Crippen LogP contribution in [0.2, 0.25) is 0 Å². The summed E-state index contributed by atoms with van der Waals surface area (Å²) in [7, 11) is 0. The van der Waals surface area contributed by atoms with E-state index in [4.69, 9.17) is 0 Å². The number of nitrogens with one attached hydrogen (secondary N) is 1. The molecule has 1 fully saturated rings. The smallest absolute Gasteiger partial charge is 0.00152 e. The van der Waals surface area contributed by atoms with Crippen molar-refractivity contribution in [2.24, 2.45) is 11.3 Å². The van der Waals surface area contributed by atoms with E-state index in [-0.39, 0.29) is 0 Å². The molecule has 0 amide bonds. The van der Waals surface area contributed by atoms with Crippen LogP contribution >= 0.6 is 0 Å². The molecule has 0 aliphatic heterocycles. The molecule has 1 heteroatoms. The maximum atomic E-state index is 3.42. The van der Waals surface area contributed by atoms with Crippen molar-refractivity contribution in [1.29, 1.82) is 0 Å². The zero-order chi connectivity index (χ0) is 8.32. The van der Waals surface area contributed by atoms with E-state index < -0.39 is 0 Å². The van der Waals surface area contributed by atoms with Crippen LogP contribution in [0.5, 0.6) is 0 Å². The summed E-state index contributed by atoms with van der Waals surface area (Å²) in [5.74, 6) is 0.974. The molecule has 0 heterocycles. The molecular weight excluding hydrogens is 134 g/mol. The summed E-state index contributed by atoms with van der Waals surface area (Å²) in [5, 5.41) is 3.42. The van der Waals surface area contributed by atoms with E-state index >= 15 is 0 Å². The highest BCUT2D eigenvalue weighted by Gasteiger charge is 2.47. The molecule has 0 aromatic heterocycles. The van der Waals surface area contributed by atoms with E-state index in [0.29, 0.717) is 5.41 Å². The number of rotatable bonds is 5. The summed E-state index contributed by atoms with van der Waals surface area (Å²) in [6.45, 7) is 9.26. The molecule has 0 aromatic rings. The molecule has 2 unspecified atom stereocenters. The van der Waals surface area contributed by atoms with Gasteiger partial charge >= 0.3 is 0 Å². The molecule has 0 saturated heterocycles. The second kappa shape index (κ2) is 3.57. The Bertz CT molecular complexity index is 122. The van der Waals surface area contributed by atoms with Gasteiger partial charge in [0.2, 0.25) is 0 Å². The van der Waals surface area contributed by atoms with Crippen molar-refractivity contribution in [3.8, 4) is 0 Å². The van der Waals surface area contributed by atoms with Crippen molar-refractivity contribution >= 4 is 0 Å². The summed E-state index contributed by atoms with van der Waals surface area (Å²) in [4.78, 5) is 0. The maximum absolute atomic E-state index is 3.42. The quantitative estimate of drug-likeness (QED) is 0.643. The predicted molar refractivity (Wildman–Crippen MR) is 49.7 cm³/mol. The van der Waals surface area contributed by atoms with E-state index in [1.807, 2.05) is 0 Å². The molecule has 1 aliphatic rings. The summed E-state index contributed by atoms with van der Waals surface area (Å²) in [6.07, 6.45) is 4.22. The first-order valence-electron chi connectivity index (χ1n) is 4.93. The van der Waals surface area contributed by atoms with Crippen LogP contribution in [0.25, 0.3) is 0 Å². The largest absolute Gasteiger partial charge is 0.317 e. The van der Waals surface area contributed by atoms with Crippen LogP contribution in [0.1, 0.15) is 40.0 Å². The van der Waals surface area contributed by atoms with Gasteiger partial charge in [-0.1, -0.05) is 27.2 Å². The molecule has 0 radical (unpaired) electrons. The highest BCUT2D eigenvalue weighted by atomic mass is 14.9.